The van der Waals surface area contributed by atoms with Crippen LogP contribution in [0.15, 0.2) is 46.2 Å². The molecule has 2 aliphatic heterocycles. The zero-order valence-electron chi connectivity index (χ0n) is 20.4. The molecular weight excluding hydrogens is 490 g/mol. The lowest BCUT2D eigenvalue weighted by molar-refractivity contribution is -0.117. The fraction of sp³-hybridized carbons (Fsp3) is 0.500. The van der Waals surface area contributed by atoms with E-state index in [4.69, 9.17) is 4.74 Å². The molecule has 0 bridgehead atoms. The molecule has 1 atom stereocenters. The molecule has 1 aromatic carbocycles. The number of hydrogen-bond acceptors (Lipinski definition) is 7. The van der Waals surface area contributed by atoms with Gasteiger partial charge in [0.15, 0.2) is 0 Å². The van der Waals surface area contributed by atoms with Crippen LogP contribution in [0.1, 0.15) is 36.8 Å². The Morgan fingerprint density at radius 1 is 1.14 bits per heavy atom. The second-order valence-electron chi connectivity index (χ2n) is 9.44. The first kappa shape index (κ1) is 25.4. The highest BCUT2D eigenvalue weighted by atomic mass is 32.2. The lowest BCUT2D eigenvalue weighted by Crippen LogP contribution is -2.35. The van der Waals surface area contributed by atoms with Crippen molar-refractivity contribution in [3.05, 3.63) is 52.4 Å². The molecule has 1 fully saturated rings. The number of likely N-dealkylation sites (N-methyl/N-ethyl adjacent to an activating group) is 1. The van der Waals surface area contributed by atoms with Crippen LogP contribution in [0.5, 0.6) is 0 Å². The molecule has 1 aliphatic carbocycles. The summed E-state index contributed by atoms with van der Waals surface area (Å²) < 4.78 is 56.1. The number of aliphatic imine (C=N–C) groups is 1. The van der Waals surface area contributed by atoms with Gasteiger partial charge in [-0.05, 0) is 44.1 Å². The molecule has 11 heteroatoms. The summed E-state index contributed by atoms with van der Waals surface area (Å²) in [5.74, 6) is 0.397. The number of benzene rings is 1. The van der Waals surface area contributed by atoms with Gasteiger partial charge in [0.05, 0.1) is 23.5 Å². The van der Waals surface area contributed by atoms with Crippen molar-refractivity contribution < 1.29 is 26.4 Å². The maximum Gasteiger partial charge on any atom is 0.251 e. The first-order chi connectivity index (χ1) is 16.4. The van der Waals surface area contributed by atoms with Gasteiger partial charge in [0.2, 0.25) is 15.9 Å². The average molecular weight is 522 g/mol. The second-order valence-corrected chi connectivity index (χ2v) is 13.6. The zero-order valence-corrected chi connectivity index (χ0v) is 22.0. The van der Waals surface area contributed by atoms with E-state index in [1.807, 2.05) is 31.2 Å². The first-order valence-electron chi connectivity index (χ1n) is 11.6. The Kier molecular flexibility index (Phi) is 6.85. The number of allylic oxidation sites excluding steroid dienone is 1. The third kappa shape index (κ3) is 5.61. The normalized spacial score (nSPS) is 20.3. The SMILES string of the molecule is CNC(=O)C1=C(c2ccc(C)cc2)OC2=NC(N(CCCS(C)(=O)=O)S(C)(=O)=O)=C(C3CC3)CC21. The number of hydrogen-bond donors (Lipinski definition) is 1. The van der Waals surface area contributed by atoms with Crippen molar-refractivity contribution in [3.63, 3.8) is 0 Å². The minimum Gasteiger partial charge on any atom is -0.441 e. The van der Waals surface area contributed by atoms with Crippen LogP contribution < -0.4 is 5.32 Å². The highest BCUT2D eigenvalue weighted by Crippen LogP contribution is 2.48. The molecule has 0 radical (unpaired) electrons. The van der Waals surface area contributed by atoms with Crippen LogP contribution in [0.2, 0.25) is 0 Å². The van der Waals surface area contributed by atoms with Crippen molar-refractivity contribution >= 4 is 37.4 Å². The highest BCUT2D eigenvalue weighted by Gasteiger charge is 2.45. The number of carbonyl (C=O) groups is 1. The van der Waals surface area contributed by atoms with Crippen LogP contribution in [0, 0.1) is 18.8 Å². The van der Waals surface area contributed by atoms with Crippen molar-refractivity contribution in [3.8, 4) is 0 Å². The van der Waals surface area contributed by atoms with Crippen LogP contribution in [0.4, 0.5) is 0 Å². The molecule has 190 valence electrons. The van der Waals surface area contributed by atoms with E-state index in [9.17, 15) is 21.6 Å². The Morgan fingerprint density at radius 3 is 2.34 bits per heavy atom. The van der Waals surface area contributed by atoms with Crippen LogP contribution in [-0.2, 0) is 29.4 Å². The summed E-state index contributed by atoms with van der Waals surface area (Å²) in [6, 6.07) is 7.64. The summed E-state index contributed by atoms with van der Waals surface area (Å²) in [5.41, 5.74) is 3.17. The molecule has 9 nitrogen and oxygen atoms in total. The number of sulfonamides is 1. The number of ether oxygens (including phenoxy) is 1. The third-order valence-electron chi connectivity index (χ3n) is 6.39. The minimum atomic E-state index is -3.73. The predicted octanol–water partition coefficient (Wildman–Crippen LogP) is 2.22. The van der Waals surface area contributed by atoms with Gasteiger partial charge in [0.1, 0.15) is 21.4 Å². The van der Waals surface area contributed by atoms with Gasteiger partial charge in [0, 0.05) is 25.4 Å². The molecule has 2 heterocycles. The number of fused-ring (bicyclic) bond motifs is 1. The van der Waals surface area contributed by atoms with Crippen LogP contribution >= 0.6 is 0 Å². The summed E-state index contributed by atoms with van der Waals surface area (Å²) in [4.78, 5) is 17.6. The Labute approximate surface area is 206 Å². The molecule has 1 unspecified atom stereocenters. The molecule has 0 spiro atoms. The third-order valence-corrected chi connectivity index (χ3v) is 8.58. The molecule has 1 amide bonds. The minimum absolute atomic E-state index is 0.000541. The van der Waals surface area contributed by atoms with Crippen LogP contribution in [0.3, 0.4) is 0 Å². The van der Waals surface area contributed by atoms with E-state index < -0.39 is 25.8 Å². The van der Waals surface area contributed by atoms with Crippen molar-refractivity contribution in [1.29, 1.82) is 0 Å². The number of amides is 1. The standard InChI is InChI=1S/C24H31N3O6S2/c1-15-6-8-17(9-7-15)21-20(23(28)25-2)19-14-18(16-10-11-16)22(26-24(19)33-21)27(35(4,31)32)12-5-13-34(3,29)30/h6-9,16,19H,5,10-14H2,1-4H3,(H,25,28). The van der Waals surface area contributed by atoms with Gasteiger partial charge in [-0.1, -0.05) is 29.8 Å². The van der Waals surface area contributed by atoms with E-state index in [1.165, 1.54) is 4.31 Å². The molecule has 35 heavy (non-hydrogen) atoms. The lowest BCUT2D eigenvalue weighted by atomic mass is 9.87. The number of sulfone groups is 1. The molecular formula is C24H31N3O6S2. The summed E-state index contributed by atoms with van der Waals surface area (Å²) in [7, 11) is -5.40. The van der Waals surface area contributed by atoms with E-state index >= 15 is 0 Å². The summed E-state index contributed by atoms with van der Waals surface area (Å²) >= 11 is 0. The van der Waals surface area contributed by atoms with Crippen LogP contribution in [-0.4, -0.2) is 64.8 Å². The van der Waals surface area contributed by atoms with Gasteiger partial charge in [-0.2, -0.15) is 4.99 Å². The molecule has 1 N–H and O–H groups in total. The number of nitrogens with zero attached hydrogens (tertiary/aromatic N) is 2. The Balaban J connectivity index is 1.75. The smallest absolute Gasteiger partial charge is 0.251 e. The number of nitrogens with one attached hydrogen (secondary N) is 1. The first-order valence-corrected chi connectivity index (χ1v) is 15.5. The maximum absolute atomic E-state index is 12.9. The number of rotatable bonds is 9. The highest BCUT2D eigenvalue weighted by molar-refractivity contribution is 7.90. The predicted molar refractivity (Wildman–Crippen MR) is 134 cm³/mol. The van der Waals surface area contributed by atoms with Gasteiger partial charge in [-0.3, -0.25) is 9.10 Å². The van der Waals surface area contributed by atoms with E-state index in [-0.39, 0.29) is 36.4 Å². The van der Waals surface area contributed by atoms with Gasteiger partial charge >= 0.3 is 0 Å². The Morgan fingerprint density at radius 2 is 1.80 bits per heavy atom. The molecule has 0 saturated heterocycles. The maximum atomic E-state index is 12.9. The average Bonchev–Trinajstić information content (AvgIpc) is 3.55. The zero-order chi connectivity index (χ0) is 25.5. The summed E-state index contributed by atoms with van der Waals surface area (Å²) in [5, 5.41) is 2.70. The van der Waals surface area contributed by atoms with E-state index in [0.717, 1.165) is 42.1 Å². The number of carbonyl (C=O) groups excluding carboxylic acids is 1. The van der Waals surface area contributed by atoms with Gasteiger partial charge < -0.3 is 10.1 Å². The monoisotopic (exact) mass is 521 g/mol. The molecule has 4 rings (SSSR count). The van der Waals surface area contributed by atoms with E-state index in [2.05, 4.69) is 10.3 Å². The number of aryl methyl sites for hydroxylation is 1. The largest absolute Gasteiger partial charge is 0.441 e. The molecule has 1 aromatic rings. The Hall–Kier alpha value is -2.66. The van der Waals surface area contributed by atoms with Crippen LogP contribution in [0.25, 0.3) is 5.76 Å². The van der Waals surface area contributed by atoms with Gasteiger partial charge in [0.25, 0.3) is 5.91 Å². The van der Waals surface area contributed by atoms with Crippen molar-refractivity contribution in [1.82, 2.24) is 9.62 Å². The van der Waals surface area contributed by atoms with Gasteiger partial charge in [-0.15, -0.1) is 0 Å². The Bertz CT molecular complexity index is 1340. The lowest BCUT2D eigenvalue weighted by Gasteiger charge is -2.29. The second kappa shape index (κ2) is 9.42. The molecule has 1 saturated carbocycles. The van der Waals surface area contributed by atoms with Crippen molar-refractivity contribution in [2.24, 2.45) is 16.8 Å². The van der Waals surface area contributed by atoms with Crippen molar-refractivity contribution in [2.75, 3.05) is 31.9 Å². The van der Waals surface area contributed by atoms with Crippen molar-refractivity contribution in [2.45, 2.75) is 32.6 Å². The topological polar surface area (TPSA) is 122 Å². The fourth-order valence-corrected chi connectivity index (χ4v) is 6.09. The summed E-state index contributed by atoms with van der Waals surface area (Å²) in [6.07, 6.45) is 4.64. The molecule has 0 aromatic heterocycles. The molecule has 3 aliphatic rings. The fourth-order valence-electron chi connectivity index (χ4n) is 4.50. The van der Waals surface area contributed by atoms with E-state index in [0.29, 0.717) is 23.6 Å². The van der Waals surface area contributed by atoms with E-state index in [1.54, 1.807) is 7.05 Å². The quantitative estimate of drug-likeness (QED) is 0.532. The summed E-state index contributed by atoms with van der Waals surface area (Å²) in [6.45, 7) is 1.97. The van der Waals surface area contributed by atoms with Gasteiger partial charge in [-0.25, -0.2) is 16.8 Å².